The van der Waals surface area contributed by atoms with Crippen LogP contribution >= 0.6 is 11.6 Å². The maximum atomic E-state index is 12.0. The summed E-state index contributed by atoms with van der Waals surface area (Å²) < 4.78 is 0. The topological polar surface area (TPSA) is 54.9 Å². The number of aromatic nitrogens is 2. The summed E-state index contributed by atoms with van der Waals surface area (Å²) in [5.41, 5.74) is 3.52. The second kappa shape index (κ2) is 7.70. The van der Waals surface area contributed by atoms with Crippen LogP contribution in [-0.4, -0.2) is 15.9 Å². The molecule has 4 nitrogen and oxygen atoms in total. The van der Waals surface area contributed by atoms with Crippen LogP contribution in [0.3, 0.4) is 0 Å². The molecule has 0 fully saturated rings. The summed E-state index contributed by atoms with van der Waals surface area (Å²) in [5.74, 6) is -0.0360. The van der Waals surface area contributed by atoms with Gasteiger partial charge in [-0.15, -0.1) is 0 Å². The van der Waals surface area contributed by atoms with Gasteiger partial charge >= 0.3 is 0 Å². The van der Waals surface area contributed by atoms with Crippen molar-refractivity contribution < 1.29 is 4.79 Å². The summed E-state index contributed by atoms with van der Waals surface area (Å²) in [5, 5.41) is 3.56. The highest BCUT2D eigenvalue weighted by atomic mass is 35.5. The molecule has 0 saturated carbocycles. The van der Waals surface area contributed by atoms with Gasteiger partial charge in [0.2, 0.25) is 5.91 Å². The minimum Gasteiger partial charge on any atom is -0.352 e. The van der Waals surface area contributed by atoms with E-state index in [2.05, 4.69) is 15.3 Å². The first-order valence-electron chi connectivity index (χ1n) is 7.58. The molecule has 0 atom stereocenters. The summed E-state index contributed by atoms with van der Waals surface area (Å²) in [7, 11) is 0. The van der Waals surface area contributed by atoms with Crippen LogP contribution in [0.2, 0.25) is 5.02 Å². The molecule has 1 aromatic carbocycles. The molecule has 0 saturated heterocycles. The van der Waals surface area contributed by atoms with Crippen molar-refractivity contribution in [3.8, 4) is 11.4 Å². The van der Waals surface area contributed by atoms with Gasteiger partial charge in [0, 0.05) is 24.0 Å². The Balaban J connectivity index is 1.54. The van der Waals surface area contributed by atoms with E-state index < -0.39 is 0 Å². The second-order valence-corrected chi connectivity index (χ2v) is 5.78. The van der Waals surface area contributed by atoms with Gasteiger partial charge in [0.1, 0.15) is 0 Å². The minimum atomic E-state index is -0.0360. The molecule has 5 heteroatoms. The zero-order chi connectivity index (χ0) is 16.8. The van der Waals surface area contributed by atoms with Crippen molar-refractivity contribution in [2.75, 3.05) is 0 Å². The lowest BCUT2D eigenvalue weighted by Crippen LogP contribution is -2.24. The van der Waals surface area contributed by atoms with Crippen LogP contribution in [-0.2, 0) is 17.8 Å². The van der Waals surface area contributed by atoms with Crippen LogP contribution in [0.1, 0.15) is 11.1 Å². The zero-order valence-electron chi connectivity index (χ0n) is 12.9. The Kier molecular flexibility index (Phi) is 5.18. The fraction of sp³-hybridized carbons (Fsp3) is 0.105. The fourth-order valence-corrected chi connectivity index (χ4v) is 2.37. The molecule has 0 spiro atoms. The van der Waals surface area contributed by atoms with E-state index in [1.165, 1.54) is 0 Å². The largest absolute Gasteiger partial charge is 0.352 e. The summed E-state index contributed by atoms with van der Waals surface area (Å²) in [6.07, 6.45) is 3.82. The minimum absolute atomic E-state index is 0.0360. The van der Waals surface area contributed by atoms with Crippen LogP contribution in [0, 0.1) is 0 Å². The van der Waals surface area contributed by atoms with Gasteiger partial charge in [-0.2, -0.15) is 0 Å². The van der Waals surface area contributed by atoms with Crippen molar-refractivity contribution in [2.45, 2.75) is 13.0 Å². The van der Waals surface area contributed by atoms with Gasteiger partial charge in [0.05, 0.1) is 17.8 Å². The van der Waals surface area contributed by atoms with E-state index >= 15 is 0 Å². The average Bonchev–Trinajstić information content (AvgIpc) is 2.63. The maximum absolute atomic E-state index is 12.0. The zero-order valence-corrected chi connectivity index (χ0v) is 13.7. The number of carbonyl (C=O) groups excluding carboxylic acids is 1. The summed E-state index contributed by atoms with van der Waals surface area (Å²) >= 11 is 5.83. The first kappa shape index (κ1) is 16.1. The second-order valence-electron chi connectivity index (χ2n) is 5.35. The predicted molar refractivity (Wildman–Crippen MR) is 94.5 cm³/mol. The third-order valence-electron chi connectivity index (χ3n) is 3.52. The maximum Gasteiger partial charge on any atom is 0.224 e. The van der Waals surface area contributed by atoms with E-state index in [0.717, 1.165) is 22.5 Å². The third-order valence-corrected chi connectivity index (χ3v) is 3.77. The molecular weight excluding hydrogens is 322 g/mol. The molecule has 0 aliphatic heterocycles. The van der Waals surface area contributed by atoms with Gasteiger partial charge in [-0.05, 0) is 41.5 Å². The van der Waals surface area contributed by atoms with Crippen molar-refractivity contribution >= 4 is 17.5 Å². The molecule has 0 unspecified atom stereocenters. The average molecular weight is 338 g/mol. The van der Waals surface area contributed by atoms with Crippen molar-refractivity contribution in [2.24, 2.45) is 0 Å². The quantitative estimate of drug-likeness (QED) is 0.773. The van der Waals surface area contributed by atoms with E-state index in [1.807, 2.05) is 42.5 Å². The van der Waals surface area contributed by atoms with E-state index in [9.17, 15) is 4.79 Å². The molecular formula is C19H16ClN3O. The van der Waals surface area contributed by atoms with Crippen LogP contribution < -0.4 is 5.32 Å². The molecule has 0 radical (unpaired) electrons. The van der Waals surface area contributed by atoms with Gasteiger partial charge < -0.3 is 5.32 Å². The number of pyridine rings is 2. The summed E-state index contributed by atoms with van der Waals surface area (Å²) in [6.45, 7) is 0.446. The molecule has 2 heterocycles. The number of amides is 1. The molecule has 120 valence electrons. The van der Waals surface area contributed by atoms with Crippen molar-refractivity contribution in [1.82, 2.24) is 15.3 Å². The first-order valence-corrected chi connectivity index (χ1v) is 7.96. The number of nitrogens with zero attached hydrogens (tertiary/aromatic N) is 2. The Bertz CT molecular complexity index is 802. The lowest BCUT2D eigenvalue weighted by molar-refractivity contribution is -0.120. The van der Waals surface area contributed by atoms with E-state index in [0.29, 0.717) is 18.0 Å². The molecule has 1 amide bonds. The molecule has 0 aliphatic carbocycles. The van der Waals surface area contributed by atoms with E-state index in [1.54, 1.807) is 24.5 Å². The highest BCUT2D eigenvalue weighted by molar-refractivity contribution is 6.30. The highest BCUT2D eigenvalue weighted by Crippen LogP contribution is 2.13. The monoisotopic (exact) mass is 337 g/mol. The molecule has 24 heavy (non-hydrogen) atoms. The molecule has 0 aliphatic rings. The number of hydrogen-bond donors (Lipinski definition) is 1. The molecule has 2 aromatic heterocycles. The summed E-state index contributed by atoms with van der Waals surface area (Å²) in [6, 6.07) is 16.8. The van der Waals surface area contributed by atoms with Crippen molar-refractivity contribution in [3.63, 3.8) is 0 Å². The molecule has 3 rings (SSSR count). The van der Waals surface area contributed by atoms with Gasteiger partial charge in [-0.3, -0.25) is 14.8 Å². The van der Waals surface area contributed by atoms with Crippen molar-refractivity contribution in [3.05, 3.63) is 83.1 Å². The Morgan fingerprint density at radius 1 is 0.917 bits per heavy atom. The fourth-order valence-electron chi connectivity index (χ4n) is 2.25. The highest BCUT2D eigenvalue weighted by Gasteiger charge is 2.05. The van der Waals surface area contributed by atoms with E-state index in [-0.39, 0.29) is 5.91 Å². The van der Waals surface area contributed by atoms with Gasteiger partial charge in [-0.25, -0.2) is 0 Å². The number of hydrogen-bond acceptors (Lipinski definition) is 3. The number of rotatable bonds is 5. The smallest absolute Gasteiger partial charge is 0.224 e. The number of carbonyl (C=O) groups is 1. The Labute approximate surface area is 145 Å². The Morgan fingerprint density at radius 2 is 1.67 bits per heavy atom. The predicted octanol–water partition coefficient (Wildman–Crippen LogP) is 3.66. The standard InChI is InChI=1S/C19H16ClN3O/c20-16-7-4-14(5-8-16)11-19(24)23-13-15-6-9-18(22-12-15)17-3-1-2-10-21-17/h1-10,12H,11,13H2,(H,23,24). The van der Waals surface area contributed by atoms with Crippen molar-refractivity contribution in [1.29, 1.82) is 0 Å². The van der Waals surface area contributed by atoms with Gasteiger partial charge in [0.15, 0.2) is 0 Å². The summed E-state index contributed by atoms with van der Waals surface area (Å²) in [4.78, 5) is 20.6. The number of halogens is 1. The van der Waals surface area contributed by atoms with E-state index in [4.69, 9.17) is 11.6 Å². The third kappa shape index (κ3) is 4.40. The SMILES string of the molecule is O=C(Cc1ccc(Cl)cc1)NCc1ccc(-c2ccccn2)nc1. The Hall–Kier alpha value is -2.72. The van der Waals surface area contributed by atoms with Crippen LogP contribution in [0.4, 0.5) is 0 Å². The van der Waals surface area contributed by atoms with Crippen LogP contribution in [0.5, 0.6) is 0 Å². The van der Waals surface area contributed by atoms with Crippen LogP contribution in [0.15, 0.2) is 67.0 Å². The number of nitrogens with one attached hydrogen (secondary N) is 1. The lowest BCUT2D eigenvalue weighted by atomic mass is 10.1. The first-order chi connectivity index (χ1) is 11.7. The molecule has 1 N–H and O–H groups in total. The normalized spacial score (nSPS) is 10.4. The van der Waals surface area contributed by atoms with Crippen LogP contribution in [0.25, 0.3) is 11.4 Å². The molecule has 3 aromatic rings. The Morgan fingerprint density at radius 3 is 2.33 bits per heavy atom. The lowest BCUT2D eigenvalue weighted by Gasteiger charge is -2.06. The van der Waals surface area contributed by atoms with Gasteiger partial charge in [-0.1, -0.05) is 35.9 Å². The van der Waals surface area contributed by atoms with Gasteiger partial charge in [0.25, 0.3) is 0 Å². The molecule has 0 bridgehead atoms. The number of benzene rings is 1.